The molecule has 0 aliphatic carbocycles. The Labute approximate surface area is 108 Å². The second-order valence-corrected chi connectivity index (χ2v) is 5.44. The van der Waals surface area contributed by atoms with Crippen LogP contribution in [0.1, 0.15) is 16.1 Å². The van der Waals surface area contributed by atoms with Crippen LogP contribution in [-0.2, 0) is 13.5 Å². The van der Waals surface area contributed by atoms with Crippen molar-refractivity contribution in [1.82, 2.24) is 9.47 Å². The van der Waals surface area contributed by atoms with Crippen molar-refractivity contribution in [3.05, 3.63) is 33.9 Å². The van der Waals surface area contributed by atoms with E-state index in [1.165, 1.54) is 10.9 Å². The van der Waals surface area contributed by atoms with Gasteiger partial charge in [-0.2, -0.15) is 0 Å². The molecule has 2 aromatic rings. The van der Waals surface area contributed by atoms with Crippen molar-refractivity contribution in [2.45, 2.75) is 6.42 Å². The molecule has 1 aromatic carbocycles. The first-order valence-corrected chi connectivity index (χ1v) is 6.41. The second kappa shape index (κ2) is 3.60. The summed E-state index contributed by atoms with van der Waals surface area (Å²) in [6.45, 7) is 0.803. The van der Waals surface area contributed by atoms with Crippen LogP contribution in [0.15, 0.2) is 22.7 Å². The number of halogens is 1. The van der Waals surface area contributed by atoms with Crippen LogP contribution in [0.4, 0.5) is 0 Å². The fourth-order valence-corrected chi connectivity index (χ4v) is 2.94. The molecule has 0 saturated carbocycles. The van der Waals surface area contributed by atoms with Crippen LogP contribution >= 0.6 is 15.9 Å². The summed E-state index contributed by atoms with van der Waals surface area (Å²) in [6, 6.07) is 6.18. The molecule has 0 atom stereocenters. The lowest BCUT2D eigenvalue weighted by atomic mass is 10.0. The van der Waals surface area contributed by atoms with Crippen molar-refractivity contribution in [1.29, 1.82) is 0 Å². The molecule has 4 heteroatoms. The molecule has 0 radical (unpaired) electrons. The zero-order chi connectivity index (χ0) is 12.2. The van der Waals surface area contributed by atoms with Crippen LogP contribution in [0.25, 0.3) is 10.9 Å². The molecule has 0 N–H and O–H groups in total. The van der Waals surface area contributed by atoms with Gasteiger partial charge < -0.3 is 9.47 Å². The van der Waals surface area contributed by atoms with Crippen molar-refractivity contribution in [2.24, 2.45) is 7.05 Å². The van der Waals surface area contributed by atoms with E-state index in [9.17, 15) is 4.79 Å². The average Bonchev–Trinajstić information content (AvgIpc) is 2.58. The van der Waals surface area contributed by atoms with Crippen molar-refractivity contribution >= 4 is 32.7 Å². The molecule has 0 fully saturated rings. The minimum Gasteiger partial charge on any atom is -0.340 e. The first kappa shape index (κ1) is 10.8. The molecular weight excluding hydrogens is 280 g/mol. The Bertz CT molecular complexity index is 630. The number of likely N-dealkylation sites (N-methyl/N-ethyl adjacent to an activating group) is 1. The minimum atomic E-state index is 0.126. The fraction of sp³-hybridized carbons (Fsp3) is 0.308. The van der Waals surface area contributed by atoms with Gasteiger partial charge in [0.05, 0.1) is 0 Å². The summed E-state index contributed by atoms with van der Waals surface area (Å²) in [5, 5.41) is 1.19. The molecule has 1 aliphatic heterocycles. The van der Waals surface area contributed by atoms with Gasteiger partial charge in [0, 0.05) is 36.0 Å². The van der Waals surface area contributed by atoms with E-state index >= 15 is 0 Å². The number of nitrogens with zero attached hydrogens (tertiary/aromatic N) is 2. The molecule has 0 spiro atoms. The highest BCUT2D eigenvalue weighted by Gasteiger charge is 2.27. The summed E-state index contributed by atoms with van der Waals surface area (Å²) in [5.41, 5.74) is 3.15. The molecule has 88 valence electrons. The van der Waals surface area contributed by atoms with Crippen LogP contribution in [0.5, 0.6) is 0 Å². The van der Waals surface area contributed by atoms with Gasteiger partial charge in [0.1, 0.15) is 5.69 Å². The summed E-state index contributed by atoms with van der Waals surface area (Å²) in [7, 11) is 3.82. The molecule has 3 rings (SSSR count). The van der Waals surface area contributed by atoms with Gasteiger partial charge >= 0.3 is 0 Å². The summed E-state index contributed by atoms with van der Waals surface area (Å²) < 4.78 is 3.07. The summed E-state index contributed by atoms with van der Waals surface area (Å²) in [6.07, 6.45) is 0.936. The number of hydrogen-bond donors (Lipinski definition) is 0. The lowest BCUT2D eigenvalue weighted by Gasteiger charge is -2.23. The van der Waals surface area contributed by atoms with Gasteiger partial charge in [-0.15, -0.1) is 0 Å². The average molecular weight is 293 g/mol. The first-order chi connectivity index (χ1) is 8.09. The van der Waals surface area contributed by atoms with Crippen LogP contribution in [0, 0.1) is 0 Å². The number of aromatic nitrogens is 1. The molecule has 0 saturated heterocycles. The van der Waals surface area contributed by atoms with Gasteiger partial charge in [0.15, 0.2) is 0 Å². The predicted molar refractivity (Wildman–Crippen MR) is 71.3 cm³/mol. The molecule has 2 heterocycles. The number of aryl methyl sites for hydroxylation is 1. The Morgan fingerprint density at radius 3 is 2.82 bits per heavy atom. The number of benzene rings is 1. The maximum Gasteiger partial charge on any atom is 0.270 e. The smallest absolute Gasteiger partial charge is 0.270 e. The van der Waals surface area contributed by atoms with Crippen LogP contribution in [0.2, 0.25) is 0 Å². The molecule has 17 heavy (non-hydrogen) atoms. The van der Waals surface area contributed by atoms with E-state index in [2.05, 4.69) is 28.1 Å². The number of carbonyl (C=O) groups is 1. The number of carbonyl (C=O) groups excluding carboxylic acids is 1. The zero-order valence-corrected chi connectivity index (χ0v) is 11.4. The molecule has 1 aliphatic rings. The topological polar surface area (TPSA) is 25.2 Å². The lowest BCUT2D eigenvalue weighted by Crippen LogP contribution is -2.35. The van der Waals surface area contributed by atoms with E-state index in [1.54, 1.807) is 4.90 Å². The third-order valence-corrected chi connectivity index (χ3v) is 4.01. The Morgan fingerprint density at radius 1 is 1.29 bits per heavy atom. The Kier molecular flexibility index (Phi) is 2.30. The van der Waals surface area contributed by atoms with E-state index in [0.29, 0.717) is 0 Å². The van der Waals surface area contributed by atoms with Crippen LogP contribution in [-0.4, -0.2) is 29.0 Å². The van der Waals surface area contributed by atoms with E-state index in [1.807, 2.05) is 24.7 Å². The fourth-order valence-electron chi connectivity index (χ4n) is 2.58. The standard InChI is InChI=1S/C13H13BrN2O/c1-15-6-5-9-10-7-8(14)3-4-11(10)16(2)12(9)13(15)17/h3-4,7H,5-6H2,1-2H3. The summed E-state index contributed by atoms with van der Waals surface area (Å²) >= 11 is 3.49. The van der Waals surface area contributed by atoms with Crippen LogP contribution in [0.3, 0.4) is 0 Å². The highest BCUT2D eigenvalue weighted by molar-refractivity contribution is 9.10. The zero-order valence-electron chi connectivity index (χ0n) is 9.83. The molecule has 3 nitrogen and oxygen atoms in total. The van der Waals surface area contributed by atoms with Crippen LogP contribution < -0.4 is 0 Å². The van der Waals surface area contributed by atoms with Gasteiger partial charge in [-0.1, -0.05) is 15.9 Å². The Hall–Kier alpha value is -1.29. The number of hydrogen-bond acceptors (Lipinski definition) is 1. The number of rotatable bonds is 0. The summed E-state index contributed by atoms with van der Waals surface area (Å²) in [4.78, 5) is 14.0. The van der Waals surface area contributed by atoms with Crippen molar-refractivity contribution in [2.75, 3.05) is 13.6 Å². The molecule has 1 aromatic heterocycles. The largest absolute Gasteiger partial charge is 0.340 e. The second-order valence-electron chi connectivity index (χ2n) is 4.52. The Morgan fingerprint density at radius 2 is 2.06 bits per heavy atom. The van der Waals surface area contributed by atoms with Gasteiger partial charge in [-0.05, 0) is 30.2 Å². The quantitative estimate of drug-likeness (QED) is 0.733. The van der Waals surface area contributed by atoms with E-state index in [0.717, 1.165) is 28.6 Å². The predicted octanol–water partition coefficient (Wildman–Crippen LogP) is 2.57. The van der Waals surface area contributed by atoms with E-state index < -0.39 is 0 Å². The number of fused-ring (bicyclic) bond motifs is 3. The molecular formula is C13H13BrN2O. The molecule has 0 bridgehead atoms. The Balaban J connectivity index is 2.39. The normalized spacial score (nSPS) is 15.5. The van der Waals surface area contributed by atoms with Crippen molar-refractivity contribution in [3.8, 4) is 0 Å². The van der Waals surface area contributed by atoms with Crippen molar-refractivity contribution < 1.29 is 4.79 Å². The van der Waals surface area contributed by atoms with Crippen molar-refractivity contribution in [3.63, 3.8) is 0 Å². The monoisotopic (exact) mass is 292 g/mol. The van der Waals surface area contributed by atoms with Gasteiger partial charge in [-0.3, -0.25) is 4.79 Å². The summed E-state index contributed by atoms with van der Waals surface area (Å²) in [5.74, 6) is 0.126. The van der Waals surface area contributed by atoms with Gasteiger partial charge in [-0.25, -0.2) is 0 Å². The minimum absolute atomic E-state index is 0.126. The maximum atomic E-state index is 12.2. The highest BCUT2D eigenvalue weighted by atomic mass is 79.9. The SMILES string of the molecule is CN1CCc2c(n(C)c3ccc(Br)cc23)C1=O. The molecule has 0 unspecified atom stereocenters. The lowest BCUT2D eigenvalue weighted by molar-refractivity contribution is 0.0771. The number of amides is 1. The first-order valence-electron chi connectivity index (χ1n) is 5.62. The highest BCUT2D eigenvalue weighted by Crippen LogP contribution is 2.31. The van der Waals surface area contributed by atoms with E-state index in [-0.39, 0.29) is 5.91 Å². The van der Waals surface area contributed by atoms with Gasteiger partial charge in [0.2, 0.25) is 0 Å². The van der Waals surface area contributed by atoms with Gasteiger partial charge in [0.25, 0.3) is 5.91 Å². The maximum absolute atomic E-state index is 12.2. The molecule has 1 amide bonds. The third-order valence-electron chi connectivity index (χ3n) is 3.51. The third kappa shape index (κ3) is 1.43. The van der Waals surface area contributed by atoms with E-state index in [4.69, 9.17) is 0 Å².